The number of hydrogen-bond donors (Lipinski definition) is 0. The third kappa shape index (κ3) is 1.14. The van der Waals surface area contributed by atoms with Crippen molar-refractivity contribution in [2.75, 3.05) is 0 Å². The maximum absolute atomic E-state index is 8.98. The van der Waals surface area contributed by atoms with E-state index in [1.54, 1.807) is 0 Å². The van der Waals surface area contributed by atoms with Gasteiger partial charge in [0.05, 0.1) is 11.5 Å². The smallest absolute Gasteiger partial charge is 0.0689 e. The maximum atomic E-state index is 8.98. The van der Waals surface area contributed by atoms with Gasteiger partial charge in [0.1, 0.15) is 0 Å². The first-order valence-electron chi connectivity index (χ1n) is 5.16. The average Bonchev–Trinajstić information content (AvgIpc) is 2.78. The van der Waals surface area contributed by atoms with Gasteiger partial charge >= 0.3 is 0 Å². The summed E-state index contributed by atoms with van der Waals surface area (Å²) in [4.78, 5) is 0. The van der Waals surface area contributed by atoms with Gasteiger partial charge in [0.15, 0.2) is 0 Å². The Morgan fingerprint density at radius 2 is 1.92 bits per heavy atom. The fourth-order valence-electron chi connectivity index (χ4n) is 2.53. The van der Waals surface area contributed by atoms with E-state index in [1.807, 2.05) is 0 Å². The molecule has 0 spiro atoms. The van der Waals surface area contributed by atoms with E-state index in [-0.39, 0.29) is 5.41 Å². The molecule has 0 aromatic heterocycles. The number of nitriles is 1. The predicted molar refractivity (Wildman–Crippen MR) is 48.5 cm³/mol. The van der Waals surface area contributed by atoms with Crippen molar-refractivity contribution in [3.05, 3.63) is 0 Å². The van der Waals surface area contributed by atoms with Gasteiger partial charge in [-0.1, -0.05) is 19.8 Å². The Hall–Kier alpha value is -0.510. The predicted octanol–water partition coefficient (Wildman–Crippen LogP) is 3.26. The lowest BCUT2D eigenvalue weighted by atomic mass is 9.62. The first-order valence-corrected chi connectivity index (χ1v) is 5.16. The minimum absolute atomic E-state index is 0.135. The second kappa shape index (κ2) is 2.49. The molecule has 2 rings (SSSR count). The topological polar surface area (TPSA) is 23.8 Å². The summed E-state index contributed by atoms with van der Waals surface area (Å²) in [6, 6.07) is 2.51. The van der Waals surface area contributed by atoms with Gasteiger partial charge < -0.3 is 0 Å². The molecule has 0 unspecified atom stereocenters. The molecule has 0 radical (unpaired) electrons. The molecular weight excluding hydrogens is 146 g/mol. The molecule has 0 heterocycles. The zero-order chi connectivity index (χ0) is 8.66. The van der Waals surface area contributed by atoms with Crippen LogP contribution in [0.2, 0.25) is 0 Å². The lowest BCUT2D eigenvalue weighted by molar-refractivity contribution is 0.0930. The highest BCUT2D eigenvalue weighted by atomic mass is 14.5. The van der Waals surface area contributed by atoms with E-state index in [0.29, 0.717) is 5.41 Å². The van der Waals surface area contributed by atoms with Crippen LogP contribution in [0.25, 0.3) is 0 Å². The Bertz CT molecular complexity index is 210. The first kappa shape index (κ1) is 8.10. The average molecular weight is 163 g/mol. The van der Waals surface area contributed by atoms with Crippen molar-refractivity contribution in [2.45, 2.75) is 51.9 Å². The second-order valence-corrected chi connectivity index (χ2v) is 4.78. The molecule has 0 N–H and O–H groups in total. The van der Waals surface area contributed by atoms with Crippen LogP contribution in [-0.4, -0.2) is 0 Å². The molecule has 0 atom stereocenters. The summed E-state index contributed by atoms with van der Waals surface area (Å²) in [5.74, 6) is 0. The zero-order valence-corrected chi connectivity index (χ0v) is 7.90. The van der Waals surface area contributed by atoms with Crippen LogP contribution in [0.3, 0.4) is 0 Å². The van der Waals surface area contributed by atoms with E-state index in [0.717, 1.165) is 0 Å². The van der Waals surface area contributed by atoms with E-state index < -0.39 is 0 Å². The summed E-state index contributed by atoms with van der Waals surface area (Å²) in [7, 11) is 0. The second-order valence-electron chi connectivity index (χ2n) is 4.78. The fourth-order valence-corrected chi connectivity index (χ4v) is 2.53. The van der Waals surface area contributed by atoms with E-state index in [1.165, 1.54) is 44.9 Å². The summed E-state index contributed by atoms with van der Waals surface area (Å²) in [5.41, 5.74) is 0.725. The van der Waals surface area contributed by atoms with Crippen LogP contribution in [0.5, 0.6) is 0 Å². The molecule has 66 valence electrons. The van der Waals surface area contributed by atoms with Gasteiger partial charge in [-0.25, -0.2) is 0 Å². The molecule has 12 heavy (non-hydrogen) atoms. The quantitative estimate of drug-likeness (QED) is 0.626. The summed E-state index contributed by atoms with van der Waals surface area (Å²) in [5, 5.41) is 8.98. The third-order valence-electron chi connectivity index (χ3n) is 3.97. The van der Waals surface area contributed by atoms with Crippen LogP contribution in [0.1, 0.15) is 51.9 Å². The van der Waals surface area contributed by atoms with Crippen molar-refractivity contribution in [2.24, 2.45) is 10.8 Å². The molecule has 0 saturated heterocycles. The summed E-state index contributed by atoms with van der Waals surface area (Å²) in [6.45, 7) is 2.28. The minimum Gasteiger partial charge on any atom is -0.198 e. The molecule has 1 heteroatoms. The van der Waals surface area contributed by atoms with Gasteiger partial charge in [-0.15, -0.1) is 0 Å². The molecule has 0 amide bonds. The lowest BCUT2D eigenvalue weighted by Crippen LogP contribution is -2.31. The van der Waals surface area contributed by atoms with Crippen molar-refractivity contribution in [1.82, 2.24) is 0 Å². The van der Waals surface area contributed by atoms with Gasteiger partial charge in [-0.3, -0.25) is 0 Å². The molecule has 0 aromatic rings. The fraction of sp³-hybridized carbons (Fsp3) is 0.909. The molecule has 2 aliphatic rings. The lowest BCUT2D eigenvalue weighted by Gasteiger charge is -2.42. The van der Waals surface area contributed by atoms with Crippen molar-refractivity contribution >= 4 is 0 Å². The van der Waals surface area contributed by atoms with Gasteiger partial charge in [-0.05, 0) is 37.5 Å². The Morgan fingerprint density at radius 3 is 2.17 bits per heavy atom. The van der Waals surface area contributed by atoms with Crippen molar-refractivity contribution in [1.29, 1.82) is 5.26 Å². The van der Waals surface area contributed by atoms with Gasteiger partial charge in [0.25, 0.3) is 0 Å². The van der Waals surface area contributed by atoms with Crippen molar-refractivity contribution in [3.63, 3.8) is 0 Å². The van der Waals surface area contributed by atoms with Crippen LogP contribution in [0, 0.1) is 22.2 Å². The van der Waals surface area contributed by atoms with Crippen LogP contribution < -0.4 is 0 Å². The minimum atomic E-state index is 0.135. The Morgan fingerprint density at radius 1 is 1.25 bits per heavy atom. The Kier molecular flexibility index (Phi) is 1.68. The molecule has 0 bridgehead atoms. The zero-order valence-electron chi connectivity index (χ0n) is 7.90. The van der Waals surface area contributed by atoms with Crippen LogP contribution in [0.4, 0.5) is 0 Å². The molecule has 2 aliphatic carbocycles. The highest BCUT2D eigenvalue weighted by molar-refractivity contribution is 5.13. The van der Waals surface area contributed by atoms with Gasteiger partial charge in [0.2, 0.25) is 0 Å². The molecule has 1 nitrogen and oxygen atoms in total. The van der Waals surface area contributed by atoms with Crippen molar-refractivity contribution in [3.8, 4) is 6.07 Å². The van der Waals surface area contributed by atoms with E-state index >= 15 is 0 Å². The normalized spacial score (nSPS) is 28.7. The van der Waals surface area contributed by atoms with Crippen molar-refractivity contribution < 1.29 is 0 Å². The molecular formula is C11H17N. The van der Waals surface area contributed by atoms with E-state index in [4.69, 9.17) is 5.26 Å². The number of nitrogens with zero attached hydrogens (tertiary/aromatic N) is 1. The molecule has 2 saturated carbocycles. The third-order valence-corrected chi connectivity index (χ3v) is 3.97. The summed E-state index contributed by atoms with van der Waals surface area (Å²) < 4.78 is 0. The highest BCUT2D eigenvalue weighted by Crippen LogP contribution is 2.59. The number of hydrogen-bond acceptors (Lipinski definition) is 1. The largest absolute Gasteiger partial charge is 0.198 e. The first-order chi connectivity index (χ1) is 5.74. The Labute approximate surface area is 74.8 Å². The maximum Gasteiger partial charge on any atom is 0.0689 e. The SMILES string of the molecule is CCC1(CC2(C#N)CC2)CCC1. The van der Waals surface area contributed by atoms with Crippen LogP contribution in [0.15, 0.2) is 0 Å². The van der Waals surface area contributed by atoms with Gasteiger partial charge in [0, 0.05) is 0 Å². The van der Waals surface area contributed by atoms with E-state index in [9.17, 15) is 0 Å². The highest BCUT2D eigenvalue weighted by Gasteiger charge is 2.50. The molecule has 0 aromatic carbocycles. The van der Waals surface area contributed by atoms with E-state index in [2.05, 4.69) is 13.0 Å². The van der Waals surface area contributed by atoms with Crippen LogP contribution >= 0.6 is 0 Å². The standard InChI is InChI=1S/C11H17N/c1-2-10(4-3-5-10)8-11(9-12)6-7-11/h2-8H2,1H3. The summed E-state index contributed by atoms with van der Waals surface area (Å²) in [6.07, 6.45) is 9.00. The Balaban J connectivity index is 1.97. The molecule has 2 fully saturated rings. The molecule has 0 aliphatic heterocycles. The monoisotopic (exact) mass is 163 g/mol. The number of rotatable bonds is 3. The van der Waals surface area contributed by atoms with Crippen LogP contribution in [-0.2, 0) is 0 Å². The summed E-state index contributed by atoms with van der Waals surface area (Å²) >= 11 is 0. The van der Waals surface area contributed by atoms with Gasteiger partial charge in [-0.2, -0.15) is 5.26 Å².